The van der Waals surface area contributed by atoms with Crippen molar-refractivity contribution in [2.45, 2.75) is 85.1 Å². The van der Waals surface area contributed by atoms with Crippen molar-refractivity contribution in [1.82, 2.24) is 25.6 Å². The van der Waals surface area contributed by atoms with Crippen LogP contribution in [0.1, 0.15) is 62.6 Å². The van der Waals surface area contributed by atoms with Crippen LogP contribution >= 0.6 is 0 Å². The van der Waals surface area contributed by atoms with Crippen molar-refractivity contribution in [1.29, 1.82) is 0 Å². The average Bonchev–Trinajstić information content (AvgIpc) is 3.11. The summed E-state index contributed by atoms with van der Waals surface area (Å²) >= 11 is 0. The molecule has 10 heteroatoms. The minimum atomic E-state index is -0.702. The number of anilines is 1. The molecule has 0 bridgehead atoms. The summed E-state index contributed by atoms with van der Waals surface area (Å²) in [6.07, 6.45) is 2.82. The molecule has 5 amide bonds. The molecule has 36 heavy (non-hydrogen) atoms. The number of aryl methyl sites for hydroxylation is 3. The van der Waals surface area contributed by atoms with Crippen molar-refractivity contribution in [3.63, 3.8) is 0 Å². The zero-order valence-electron chi connectivity index (χ0n) is 21.9. The van der Waals surface area contributed by atoms with Crippen LogP contribution in [-0.4, -0.2) is 70.0 Å². The summed E-state index contributed by atoms with van der Waals surface area (Å²) in [5, 5.41) is 7.09. The third-order valence-electron chi connectivity index (χ3n) is 7.24. The molecule has 2 heterocycles. The summed E-state index contributed by atoms with van der Waals surface area (Å²) in [5.74, 6) is -0.768. The second-order valence-corrected chi connectivity index (χ2v) is 10.6. The van der Waals surface area contributed by atoms with E-state index in [0.717, 1.165) is 48.1 Å². The molecule has 196 valence electrons. The Labute approximate surface area is 212 Å². The van der Waals surface area contributed by atoms with Crippen molar-refractivity contribution in [3.8, 4) is 0 Å². The van der Waals surface area contributed by atoms with Gasteiger partial charge in [0.2, 0.25) is 17.7 Å². The van der Waals surface area contributed by atoms with E-state index >= 15 is 0 Å². The molecule has 1 aromatic carbocycles. The first-order valence-corrected chi connectivity index (χ1v) is 12.9. The fraction of sp³-hybridized carbons (Fsp3) is 0.615. The van der Waals surface area contributed by atoms with Gasteiger partial charge in [-0.2, -0.15) is 5.43 Å². The van der Waals surface area contributed by atoms with Gasteiger partial charge in [0.25, 0.3) is 0 Å². The van der Waals surface area contributed by atoms with Gasteiger partial charge in [-0.1, -0.05) is 30.5 Å². The quantitative estimate of drug-likeness (QED) is 0.534. The fourth-order valence-corrected chi connectivity index (χ4v) is 5.77. The van der Waals surface area contributed by atoms with Crippen LogP contribution in [-0.2, 0) is 14.4 Å². The van der Waals surface area contributed by atoms with Gasteiger partial charge in [-0.05, 0) is 58.6 Å². The lowest BCUT2D eigenvalue weighted by molar-refractivity contribution is -0.156. The highest BCUT2D eigenvalue weighted by atomic mass is 16.2. The Kier molecular flexibility index (Phi) is 7.54. The van der Waals surface area contributed by atoms with Crippen LogP contribution < -0.4 is 16.1 Å². The minimum Gasteiger partial charge on any atom is -0.354 e. The molecule has 3 N–H and O–H groups in total. The van der Waals surface area contributed by atoms with E-state index in [4.69, 9.17) is 0 Å². The minimum absolute atomic E-state index is 0.00905. The summed E-state index contributed by atoms with van der Waals surface area (Å²) in [7, 11) is 0. The van der Waals surface area contributed by atoms with Crippen LogP contribution in [0, 0.1) is 26.7 Å². The molecule has 1 saturated carbocycles. The number of rotatable bonds is 7. The van der Waals surface area contributed by atoms with Crippen LogP contribution in [0.4, 0.5) is 10.5 Å². The van der Waals surface area contributed by atoms with Crippen molar-refractivity contribution in [2.75, 3.05) is 18.4 Å². The van der Waals surface area contributed by atoms with Gasteiger partial charge in [-0.25, -0.2) is 9.80 Å². The van der Waals surface area contributed by atoms with E-state index in [2.05, 4.69) is 16.1 Å². The predicted octanol–water partition coefficient (Wildman–Crippen LogP) is 2.39. The Balaban J connectivity index is 1.50. The molecule has 1 aliphatic carbocycles. The molecular weight excluding hydrogens is 460 g/mol. The van der Waals surface area contributed by atoms with Gasteiger partial charge in [0.15, 0.2) is 6.29 Å². The predicted molar refractivity (Wildman–Crippen MR) is 136 cm³/mol. The van der Waals surface area contributed by atoms with Crippen LogP contribution in [0.15, 0.2) is 12.1 Å². The first-order chi connectivity index (χ1) is 17.1. The number of carbonyl (C=O) groups is 4. The number of carbonyl (C=O) groups excluding carboxylic acids is 4. The van der Waals surface area contributed by atoms with E-state index in [-0.39, 0.29) is 61.3 Å². The molecule has 2 aliphatic heterocycles. The van der Waals surface area contributed by atoms with E-state index < -0.39 is 6.29 Å². The Morgan fingerprint density at radius 3 is 2.39 bits per heavy atom. The molecule has 3 unspecified atom stereocenters. The molecule has 4 rings (SSSR count). The van der Waals surface area contributed by atoms with Gasteiger partial charge < -0.3 is 15.5 Å². The number of benzene rings is 1. The standard InChI is InChI=1S/C26H38N6O4/c1-15(2)27-21(33)10-11-30-24(35)19-8-6-7-9-20(19)32-25(30)29-31(26(32)36)14-22(34)28-23-17(4)12-16(3)13-18(23)5/h12-13,15,19-20,25,29H,6-11,14H2,1-5H3,(H,27,33)(H,28,34). The summed E-state index contributed by atoms with van der Waals surface area (Å²) in [6, 6.07) is 3.50. The number of nitrogens with zero attached hydrogens (tertiary/aromatic N) is 3. The number of hydrogen-bond acceptors (Lipinski definition) is 5. The highest BCUT2D eigenvalue weighted by Gasteiger charge is 2.54. The number of nitrogens with one attached hydrogen (secondary N) is 3. The summed E-state index contributed by atoms with van der Waals surface area (Å²) in [6.45, 7) is 9.67. The van der Waals surface area contributed by atoms with E-state index in [9.17, 15) is 19.2 Å². The van der Waals surface area contributed by atoms with Crippen molar-refractivity contribution < 1.29 is 19.2 Å². The lowest BCUT2D eigenvalue weighted by Crippen LogP contribution is -2.66. The number of hydrogen-bond donors (Lipinski definition) is 3. The van der Waals surface area contributed by atoms with Gasteiger partial charge >= 0.3 is 6.03 Å². The maximum atomic E-state index is 13.5. The molecule has 0 radical (unpaired) electrons. The van der Waals surface area contributed by atoms with Gasteiger partial charge in [0.05, 0.1) is 5.92 Å². The second-order valence-electron chi connectivity index (χ2n) is 10.6. The molecule has 10 nitrogen and oxygen atoms in total. The van der Waals surface area contributed by atoms with Crippen molar-refractivity contribution >= 4 is 29.4 Å². The van der Waals surface area contributed by atoms with Crippen LogP contribution in [0.2, 0.25) is 0 Å². The fourth-order valence-electron chi connectivity index (χ4n) is 5.77. The summed E-state index contributed by atoms with van der Waals surface area (Å²) < 4.78 is 0. The summed E-state index contributed by atoms with van der Waals surface area (Å²) in [5.41, 5.74) is 6.88. The van der Waals surface area contributed by atoms with Crippen molar-refractivity contribution in [2.24, 2.45) is 5.92 Å². The molecule has 0 aromatic heterocycles. The van der Waals surface area contributed by atoms with Gasteiger partial charge in [-0.3, -0.25) is 19.3 Å². The Hall–Kier alpha value is -3.14. The van der Waals surface area contributed by atoms with E-state index in [1.807, 2.05) is 46.8 Å². The molecule has 0 spiro atoms. The number of urea groups is 1. The lowest BCUT2D eigenvalue weighted by atomic mass is 9.81. The maximum Gasteiger partial charge on any atom is 0.337 e. The normalized spacial score (nSPS) is 23.6. The van der Waals surface area contributed by atoms with Gasteiger partial charge in [-0.15, -0.1) is 0 Å². The Morgan fingerprint density at radius 2 is 1.72 bits per heavy atom. The molecule has 2 saturated heterocycles. The van der Waals surface area contributed by atoms with E-state index in [1.165, 1.54) is 5.01 Å². The second kappa shape index (κ2) is 10.5. The zero-order valence-corrected chi connectivity index (χ0v) is 21.9. The van der Waals surface area contributed by atoms with E-state index in [0.29, 0.717) is 0 Å². The molecule has 1 aromatic rings. The first kappa shape index (κ1) is 25.9. The Bertz CT molecular complexity index is 1030. The highest BCUT2D eigenvalue weighted by molar-refractivity contribution is 5.96. The molecule has 3 fully saturated rings. The number of fused-ring (bicyclic) bond motifs is 3. The molecule has 3 aliphatic rings. The molecule has 3 atom stereocenters. The number of hydrazine groups is 1. The van der Waals surface area contributed by atoms with Gasteiger partial charge in [0, 0.05) is 30.7 Å². The third kappa shape index (κ3) is 5.18. The number of amides is 5. The van der Waals surface area contributed by atoms with E-state index in [1.54, 1.807) is 9.80 Å². The average molecular weight is 499 g/mol. The highest BCUT2D eigenvalue weighted by Crippen LogP contribution is 2.38. The Morgan fingerprint density at radius 1 is 1.06 bits per heavy atom. The molecular formula is C26H38N6O4. The summed E-state index contributed by atoms with van der Waals surface area (Å²) in [4.78, 5) is 55.5. The van der Waals surface area contributed by atoms with Crippen LogP contribution in [0.25, 0.3) is 0 Å². The lowest BCUT2D eigenvalue weighted by Gasteiger charge is -2.48. The SMILES string of the molecule is Cc1cc(C)c(NC(=O)CN2NC3N(CCC(=O)NC(C)C)C(=O)C4CCCCC4N3C2=O)c(C)c1. The zero-order chi connectivity index (χ0) is 26.1. The monoisotopic (exact) mass is 498 g/mol. The third-order valence-corrected chi connectivity index (χ3v) is 7.24. The first-order valence-electron chi connectivity index (χ1n) is 12.9. The van der Waals surface area contributed by atoms with Crippen LogP contribution in [0.3, 0.4) is 0 Å². The smallest absolute Gasteiger partial charge is 0.337 e. The van der Waals surface area contributed by atoms with Crippen molar-refractivity contribution in [3.05, 3.63) is 28.8 Å². The largest absolute Gasteiger partial charge is 0.354 e. The topological polar surface area (TPSA) is 114 Å². The van der Waals surface area contributed by atoms with Gasteiger partial charge in [0.1, 0.15) is 6.54 Å². The maximum absolute atomic E-state index is 13.5. The van der Waals surface area contributed by atoms with Crippen LogP contribution in [0.5, 0.6) is 0 Å².